The molecule has 1 saturated carbocycles. The van der Waals surface area contributed by atoms with Gasteiger partial charge in [0.2, 0.25) is 5.91 Å². The first-order chi connectivity index (χ1) is 12.7. The van der Waals surface area contributed by atoms with Gasteiger partial charge in [0.15, 0.2) is 0 Å². The zero-order chi connectivity index (χ0) is 17.9. The number of aryl methyl sites for hydroxylation is 1. The van der Waals surface area contributed by atoms with Crippen molar-refractivity contribution in [2.75, 3.05) is 6.54 Å². The molecular weight excluding hydrogens is 322 g/mol. The molecule has 1 aliphatic heterocycles. The van der Waals surface area contributed by atoms with Crippen molar-refractivity contribution in [3.8, 4) is 0 Å². The monoisotopic (exact) mass is 351 g/mol. The van der Waals surface area contributed by atoms with Crippen LogP contribution in [-0.4, -0.2) is 27.1 Å². The van der Waals surface area contributed by atoms with Gasteiger partial charge in [0, 0.05) is 38.7 Å². The molecule has 4 nitrogen and oxygen atoms in total. The van der Waals surface area contributed by atoms with Crippen molar-refractivity contribution in [1.82, 2.24) is 14.7 Å². The Hall–Kier alpha value is -2.10. The zero-order valence-electron chi connectivity index (χ0n) is 15.7. The van der Waals surface area contributed by atoms with Gasteiger partial charge in [-0.25, -0.2) is 0 Å². The van der Waals surface area contributed by atoms with Gasteiger partial charge < -0.3 is 4.90 Å². The largest absolute Gasteiger partial charge is 0.337 e. The Labute approximate surface area is 156 Å². The SMILES string of the molecule is Cn1cc(C2CN(C(=O)CCC3CCCCC3)Cc3ccccc32)cn1. The molecule has 1 amide bonds. The Morgan fingerprint density at radius 1 is 1.19 bits per heavy atom. The second-order valence-electron chi connectivity index (χ2n) is 8.02. The molecule has 1 atom stereocenters. The van der Waals surface area contributed by atoms with Crippen molar-refractivity contribution in [2.45, 2.75) is 57.4 Å². The molecule has 1 fully saturated rings. The fourth-order valence-corrected chi connectivity index (χ4v) is 4.66. The lowest BCUT2D eigenvalue weighted by atomic mass is 9.84. The van der Waals surface area contributed by atoms with E-state index in [0.717, 1.165) is 25.4 Å². The number of rotatable bonds is 4. The van der Waals surface area contributed by atoms with Crippen LogP contribution in [0, 0.1) is 5.92 Å². The third-order valence-corrected chi connectivity index (χ3v) is 6.17. The number of hydrogen-bond donors (Lipinski definition) is 0. The van der Waals surface area contributed by atoms with E-state index in [0.29, 0.717) is 12.3 Å². The summed E-state index contributed by atoms with van der Waals surface area (Å²) in [4.78, 5) is 15.0. The van der Waals surface area contributed by atoms with Crippen LogP contribution in [-0.2, 0) is 18.4 Å². The standard InChI is InChI=1S/C22H29N3O/c1-24-14-19(13-23-24)21-16-25(15-18-9-5-6-10-20(18)21)22(26)12-11-17-7-3-2-4-8-17/h5-6,9-10,13-14,17,21H,2-4,7-8,11-12,15-16H2,1H3. The van der Waals surface area contributed by atoms with Crippen molar-refractivity contribution >= 4 is 5.91 Å². The van der Waals surface area contributed by atoms with Gasteiger partial charge in [0.25, 0.3) is 0 Å². The van der Waals surface area contributed by atoms with Crippen LogP contribution >= 0.6 is 0 Å². The lowest BCUT2D eigenvalue weighted by Gasteiger charge is -2.35. The molecule has 0 spiro atoms. The first-order valence-electron chi connectivity index (χ1n) is 10.0. The minimum atomic E-state index is 0.229. The molecule has 2 aliphatic rings. The molecule has 4 heteroatoms. The predicted molar refractivity (Wildman–Crippen MR) is 103 cm³/mol. The summed E-state index contributed by atoms with van der Waals surface area (Å²) in [7, 11) is 1.95. The lowest BCUT2D eigenvalue weighted by Crippen LogP contribution is -2.38. The van der Waals surface area contributed by atoms with Crippen LogP contribution in [0.3, 0.4) is 0 Å². The summed E-state index contributed by atoms with van der Waals surface area (Å²) < 4.78 is 1.85. The van der Waals surface area contributed by atoms with Crippen LogP contribution in [0.1, 0.15) is 67.6 Å². The van der Waals surface area contributed by atoms with Crippen LogP contribution in [0.2, 0.25) is 0 Å². The highest BCUT2D eigenvalue weighted by molar-refractivity contribution is 5.76. The predicted octanol–water partition coefficient (Wildman–Crippen LogP) is 4.25. The summed E-state index contributed by atoms with van der Waals surface area (Å²) in [6.07, 6.45) is 12.5. The number of nitrogens with zero attached hydrogens (tertiary/aromatic N) is 3. The summed E-state index contributed by atoms with van der Waals surface area (Å²) in [5.41, 5.74) is 3.82. The van der Waals surface area contributed by atoms with Gasteiger partial charge in [-0.1, -0.05) is 56.4 Å². The molecule has 1 unspecified atom stereocenters. The minimum Gasteiger partial charge on any atom is -0.337 e. The Bertz CT molecular complexity index is 760. The molecule has 26 heavy (non-hydrogen) atoms. The molecule has 0 radical (unpaired) electrons. The number of amides is 1. The number of carbonyl (C=O) groups is 1. The molecular formula is C22H29N3O. The second-order valence-corrected chi connectivity index (χ2v) is 8.02. The summed E-state index contributed by atoms with van der Waals surface area (Å²) in [6, 6.07) is 8.55. The van der Waals surface area contributed by atoms with E-state index < -0.39 is 0 Å². The fourth-order valence-electron chi connectivity index (χ4n) is 4.66. The molecule has 0 saturated heterocycles. The van der Waals surface area contributed by atoms with E-state index >= 15 is 0 Å². The van der Waals surface area contributed by atoms with E-state index in [9.17, 15) is 4.79 Å². The van der Waals surface area contributed by atoms with Crippen molar-refractivity contribution in [3.05, 3.63) is 53.3 Å². The maximum Gasteiger partial charge on any atom is 0.222 e. The average Bonchev–Trinajstić information content (AvgIpc) is 3.12. The Morgan fingerprint density at radius 3 is 2.77 bits per heavy atom. The zero-order valence-corrected chi connectivity index (χ0v) is 15.7. The topological polar surface area (TPSA) is 38.1 Å². The third kappa shape index (κ3) is 3.69. The van der Waals surface area contributed by atoms with E-state index in [1.54, 1.807) is 0 Å². The van der Waals surface area contributed by atoms with Crippen molar-refractivity contribution in [2.24, 2.45) is 13.0 Å². The lowest BCUT2D eigenvalue weighted by molar-refractivity contribution is -0.132. The fraction of sp³-hybridized carbons (Fsp3) is 0.545. The maximum absolute atomic E-state index is 12.9. The van der Waals surface area contributed by atoms with Crippen molar-refractivity contribution in [1.29, 1.82) is 0 Å². The Kier molecular flexibility index (Phi) is 5.09. The van der Waals surface area contributed by atoms with Gasteiger partial charge in [-0.15, -0.1) is 0 Å². The van der Waals surface area contributed by atoms with Crippen molar-refractivity contribution < 1.29 is 4.79 Å². The van der Waals surface area contributed by atoms with Gasteiger partial charge in [-0.2, -0.15) is 5.10 Å². The molecule has 2 aromatic rings. The van der Waals surface area contributed by atoms with Crippen LogP contribution in [0.25, 0.3) is 0 Å². The Morgan fingerprint density at radius 2 is 2.00 bits per heavy atom. The number of hydrogen-bond acceptors (Lipinski definition) is 2. The van der Waals surface area contributed by atoms with E-state index in [4.69, 9.17) is 0 Å². The molecule has 0 N–H and O–H groups in total. The van der Waals surface area contributed by atoms with E-state index in [-0.39, 0.29) is 5.92 Å². The number of carbonyl (C=O) groups excluding carboxylic acids is 1. The molecule has 1 aromatic carbocycles. The second kappa shape index (κ2) is 7.65. The minimum absolute atomic E-state index is 0.229. The molecule has 0 bridgehead atoms. The van der Waals surface area contributed by atoms with Crippen LogP contribution in [0.5, 0.6) is 0 Å². The molecule has 138 valence electrons. The van der Waals surface area contributed by atoms with Gasteiger partial charge >= 0.3 is 0 Å². The first kappa shape index (κ1) is 17.3. The van der Waals surface area contributed by atoms with Crippen LogP contribution in [0.15, 0.2) is 36.7 Å². The summed E-state index contributed by atoms with van der Waals surface area (Å²) in [5.74, 6) is 1.31. The normalized spacial score (nSPS) is 20.8. The maximum atomic E-state index is 12.9. The molecule has 1 aliphatic carbocycles. The number of fused-ring (bicyclic) bond motifs is 1. The van der Waals surface area contributed by atoms with E-state index in [2.05, 4.69) is 40.5 Å². The average molecular weight is 351 g/mol. The highest BCUT2D eigenvalue weighted by Crippen LogP contribution is 2.34. The van der Waals surface area contributed by atoms with Gasteiger partial charge in [-0.3, -0.25) is 9.48 Å². The van der Waals surface area contributed by atoms with E-state index in [1.807, 2.05) is 17.9 Å². The van der Waals surface area contributed by atoms with Crippen LogP contribution in [0.4, 0.5) is 0 Å². The molecule has 1 aromatic heterocycles. The third-order valence-electron chi connectivity index (χ3n) is 6.17. The summed E-state index contributed by atoms with van der Waals surface area (Å²) in [5, 5.41) is 4.35. The highest BCUT2D eigenvalue weighted by atomic mass is 16.2. The smallest absolute Gasteiger partial charge is 0.222 e. The summed E-state index contributed by atoms with van der Waals surface area (Å²) in [6.45, 7) is 1.52. The Balaban J connectivity index is 1.48. The van der Waals surface area contributed by atoms with E-state index in [1.165, 1.54) is 48.8 Å². The number of benzene rings is 1. The number of aromatic nitrogens is 2. The molecule has 4 rings (SSSR count). The quantitative estimate of drug-likeness (QED) is 0.826. The van der Waals surface area contributed by atoms with Gasteiger partial charge in [0.1, 0.15) is 0 Å². The molecule has 2 heterocycles. The first-order valence-corrected chi connectivity index (χ1v) is 10.0. The van der Waals surface area contributed by atoms with Gasteiger partial charge in [-0.05, 0) is 29.0 Å². The van der Waals surface area contributed by atoms with Gasteiger partial charge in [0.05, 0.1) is 6.20 Å². The van der Waals surface area contributed by atoms with Crippen LogP contribution < -0.4 is 0 Å². The highest BCUT2D eigenvalue weighted by Gasteiger charge is 2.29. The summed E-state index contributed by atoms with van der Waals surface area (Å²) >= 11 is 0. The van der Waals surface area contributed by atoms with Crippen molar-refractivity contribution in [3.63, 3.8) is 0 Å².